The number of nitrogens with one attached hydrogen (secondary N) is 1. The number of hydrogen-bond acceptors (Lipinski definition) is 5. The Labute approximate surface area is 121 Å². The maximum Gasteiger partial charge on any atom is 0.326 e. The van der Waals surface area contributed by atoms with Gasteiger partial charge < -0.3 is 9.84 Å². The summed E-state index contributed by atoms with van der Waals surface area (Å²) in [5, 5.41) is 15.2. The van der Waals surface area contributed by atoms with E-state index in [0.29, 0.717) is 0 Å². The first-order valence-corrected chi connectivity index (χ1v) is 6.77. The van der Waals surface area contributed by atoms with Crippen molar-refractivity contribution in [3.63, 3.8) is 0 Å². The lowest BCUT2D eigenvalue weighted by atomic mass is 9.81. The van der Waals surface area contributed by atoms with E-state index in [-0.39, 0.29) is 25.0 Å². The highest BCUT2D eigenvalue weighted by Crippen LogP contribution is 2.35. The monoisotopic (exact) mass is 297 g/mol. The summed E-state index contributed by atoms with van der Waals surface area (Å²) in [5.74, 6) is -0.334. The molecule has 2 aliphatic heterocycles. The number of urea groups is 1. The molecule has 9 nitrogen and oxygen atoms in total. The molecular formula is C12H19N5O4. The Morgan fingerprint density at radius 3 is 2.81 bits per heavy atom. The van der Waals surface area contributed by atoms with Crippen molar-refractivity contribution >= 4 is 11.9 Å². The summed E-state index contributed by atoms with van der Waals surface area (Å²) >= 11 is 0. The average Bonchev–Trinajstić information content (AvgIpc) is 2.80. The van der Waals surface area contributed by atoms with Crippen molar-refractivity contribution in [3.05, 3.63) is 10.4 Å². The smallest absolute Gasteiger partial charge is 0.326 e. The first-order valence-electron chi connectivity index (χ1n) is 6.77. The third kappa shape index (κ3) is 2.55. The number of rotatable bonds is 3. The van der Waals surface area contributed by atoms with Gasteiger partial charge in [0.15, 0.2) is 0 Å². The van der Waals surface area contributed by atoms with Crippen molar-refractivity contribution in [2.45, 2.75) is 51.6 Å². The maximum absolute atomic E-state index is 12.1. The van der Waals surface area contributed by atoms with Crippen LogP contribution in [-0.2, 0) is 9.53 Å². The van der Waals surface area contributed by atoms with E-state index in [1.165, 1.54) is 4.90 Å². The van der Waals surface area contributed by atoms with Crippen LogP contribution in [0.15, 0.2) is 5.11 Å². The standard InChI is InChI=1S/C12H19N5O4/c1-6-12(2,3)10(19)14-11(20)17(6)9-4-7(15-16-13)8(5-18)21-9/h6-9,18H,4-5H2,1-3H3,(H,14,19,20). The zero-order valence-corrected chi connectivity index (χ0v) is 12.2. The predicted molar refractivity (Wildman–Crippen MR) is 71.9 cm³/mol. The van der Waals surface area contributed by atoms with Gasteiger partial charge in [0.25, 0.3) is 0 Å². The molecule has 0 aromatic rings. The van der Waals surface area contributed by atoms with Crippen LogP contribution in [0.1, 0.15) is 27.2 Å². The van der Waals surface area contributed by atoms with Crippen molar-refractivity contribution in [2.24, 2.45) is 10.5 Å². The van der Waals surface area contributed by atoms with Crippen molar-refractivity contribution < 1.29 is 19.4 Å². The van der Waals surface area contributed by atoms with Crippen LogP contribution in [0.25, 0.3) is 10.4 Å². The molecule has 0 saturated carbocycles. The van der Waals surface area contributed by atoms with Crippen molar-refractivity contribution in [1.82, 2.24) is 10.2 Å². The number of carbonyl (C=O) groups is 2. The minimum atomic E-state index is -0.761. The molecule has 0 radical (unpaired) electrons. The molecule has 21 heavy (non-hydrogen) atoms. The normalized spacial score (nSPS) is 35.3. The van der Waals surface area contributed by atoms with Crippen LogP contribution in [-0.4, -0.2) is 53.0 Å². The SMILES string of the molecule is CC1N(C2CC(N=[N+]=[N-])C(CO)O2)C(=O)NC(=O)C1(C)C. The van der Waals surface area contributed by atoms with Crippen LogP contribution in [0.4, 0.5) is 4.79 Å². The molecule has 2 aliphatic rings. The molecule has 0 aromatic heterocycles. The zero-order valence-electron chi connectivity index (χ0n) is 12.2. The minimum absolute atomic E-state index is 0.289. The molecule has 0 aliphatic carbocycles. The Kier molecular flexibility index (Phi) is 4.08. The summed E-state index contributed by atoms with van der Waals surface area (Å²) < 4.78 is 5.62. The lowest BCUT2D eigenvalue weighted by Gasteiger charge is -2.45. The van der Waals surface area contributed by atoms with Gasteiger partial charge >= 0.3 is 6.03 Å². The molecule has 2 saturated heterocycles. The molecular weight excluding hydrogens is 278 g/mol. The van der Waals surface area contributed by atoms with Crippen LogP contribution in [0.2, 0.25) is 0 Å². The van der Waals surface area contributed by atoms with E-state index in [0.717, 1.165) is 0 Å². The predicted octanol–water partition coefficient (Wildman–Crippen LogP) is 0.739. The second kappa shape index (κ2) is 5.51. The average molecular weight is 297 g/mol. The van der Waals surface area contributed by atoms with E-state index >= 15 is 0 Å². The molecule has 2 fully saturated rings. The largest absolute Gasteiger partial charge is 0.394 e. The van der Waals surface area contributed by atoms with E-state index in [1.54, 1.807) is 20.8 Å². The Bertz CT molecular complexity index is 502. The molecule has 0 bridgehead atoms. The lowest BCUT2D eigenvalue weighted by molar-refractivity contribution is -0.140. The second-order valence-corrected chi connectivity index (χ2v) is 5.88. The van der Waals surface area contributed by atoms with Gasteiger partial charge in [0, 0.05) is 17.4 Å². The summed E-state index contributed by atoms with van der Waals surface area (Å²) in [4.78, 5) is 28.2. The molecule has 2 heterocycles. The molecule has 2 rings (SSSR count). The van der Waals surface area contributed by atoms with E-state index in [2.05, 4.69) is 15.3 Å². The Balaban J connectivity index is 2.23. The summed E-state index contributed by atoms with van der Waals surface area (Å²) in [7, 11) is 0. The van der Waals surface area contributed by atoms with Gasteiger partial charge in [-0.3, -0.25) is 15.0 Å². The fraction of sp³-hybridized carbons (Fsp3) is 0.833. The highest BCUT2D eigenvalue weighted by atomic mass is 16.5. The Morgan fingerprint density at radius 2 is 2.24 bits per heavy atom. The third-order valence-electron chi connectivity index (χ3n) is 4.40. The van der Waals surface area contributed by atoms with Crippen molar-refractivity contribution in [3.8, 4) is 0 Å². The molecule has 0 spiro atoms. The molecule has 2 N–H and O–H groups in total. The van der Waals surface area contributed by atoms with Gasteiger partial charge in [-0.1, -0.05) is 5.11 Å². The van der Waals surface area contributed by atoms with Gasteiger partial charge in [-0.25, -0.2) is 4.79 Å². The number of aliphatic hydroxyl groups excluding tert-OH is 1. The Hall–Kier alpha value is -1.83. The van der Waals surface area contributed by atoms with E-state index in [9.17, 15) is 14.7 Å². The zero-order chi connectivity index (χ0) is 15.8. The van der Waals surface area contributed by atoms with Crippen LogP contribution in [0, 0.1) is 5.41 Å². The van der Waals surface area contributed by atoms with E-state index < -0.39 is 29.8 Å². The van der Waals surface area contributed by atoms with Crippen LogP contribution >= 0.6 is 0 Å². The molecule has 0 aromatic carbocycles. The number of ether oxygens (including phenoxy) is 1. The topological polar surface area (TPSA) is 128 Å². The summed E-state index contributed by atoms with van der Waals surface area (Å²) in [6.45, 7) is 4.97. The molecule has 116 valence electrons. The van der Waals surface area contributed by atoms with E-state index in [1.807, 2.05) is 0 Å². The Morgan fingerprint density at radius 1 is 1.57 bits per heavy atom. The number of amides is 3. The number of azide groups is 1. The molecule has 4 unspecified atom stereocenters. The highest BCUT2D eigenvalue weighted by molar-refractivity contribution is 6.00. The summed E-state index contributed by atoms with van der Waals surface area (Å²) in [5.41, 5.74) is 7.78. The van der Waals surface area contributed by atoms with Gasteiger partial charge in [0.05, 0.1) is 24.2 Å². The van der Waals surface area contributed by atoms with Crippen LogP contribution in [0.3, 0.4) is 0 Å². The van der Waals surface area contributed by atoms with E-state index in [4.69, 9.17) is 10.3 Å². The fourth-order valence-corrected chi connectivity index (χ4v) is 2.65. The number of imide groups is 1. The van der Waals surface area contributed by atoms with Gasteiger partial charge in [0.2, 0.25) is 5.91 Å². The minimum Gasteiger partial charge on any atom is -0.394 e. The van der Waals surface area contributed by atoms with Gasteiger partial charge in [-0.05, 0) is 26.3 Å². The first-order chi connectivity index (χ1) is 9.82. The van der Waals surface area contributed by atoms with Gasteiger partial charge in [-0.15, -0.1) is 0 Å². The number of hydrogen-bond donors (Lipinski definition) is 2. The maximum atomic E-state index is 12.1. The molecule has 4 atom stereocenters. The lowest BCUT2D eigenvalue weighted by Crippen LogP contribution is -2.65. The van der Waals surface area contributed by atoms with Crippen LogP contribution < -0.4 is 5.32 Å². The second-order valence-electron chi connectivity index (χ2n) is 5.88. The molecule has 9 heteroatoms. The molecule has 3 amide bonds. The quantitative estimate of drug-likeness (QED) is 0.452. The third-order valence-corrected chi connectivity index (χ3v) is 4.40. The fourth-order valence-electron chi connectivity index (χ4n) is 2.65. The van der Waals surface area contributed by atoms with Crippen molar-refractivity contribution in [1.29, 1.82) is 0 Å². The van der Waals surface area contributed by atoms with Crippen molar-refractivity contribution in [2.75, 3.05) is 6.61 Å². The van der Waals surface area contributed by atoms with Crippen LogP contribution in [0.5, 0.6) is 0 Å². The first kappa shape index (κ1) is 15.6. The number of nitrogens with zero attached hydrogens (tertiary/aromatic N) is 4. The summed E-state index contributed by atoms with van der Waals surface area (Å²) in [6, 6.07) is -1.45. The summed E-state index contributed by atoms with van der Waals surface area (Å²) in [6.07, 6.45) is -0.996. The van der Waals surface area contributed by atoms with Gasteiger partial charge in [0.1, 0.15) is 6.23 Å². The highest BCUT2D eigenvalue weighted by Gasteiger charge is 2.50. The van der Waals surface area contributed by atoms with Gasteiger partial charge in [-0.2, -0.15) is 0 Å². The number of carbonyl (C=O) groups excluding carboxylic acids is 2. The number of aliphatic hydroxyl groups is 1.